The lowest BCUT2D eigenvalue weighted by molar-refractivity contribution is 0.0171. The van der Waals surface area contributed by atoms with Crippen molar-refractivity contribution in [3.05, 3.63) is 0 Å². The third-order valence-electron chi connectivity index (χ3n) is 3.74. The van der Waals surface area contributed by atoms with Gasteiger partial charge >= 0.3 is 0 Å². The van der Waals surface area contributed by atoms with Gasteiger partial charge in [0.1, 0.15) is 0 Å². The number of piperidine rings is 1. The number of β-amino-alcohol motifs (C(OH)–C–C–N with tert-alkyl or cyclic N) is 1. The summed E-state index contributed by atoms with van der Waals surface area (Å²) in [5.74, 6) is 1.46. The Hall–Kier alpha value is -0.0800. The highest BCUT2D eigenvalue weighted by molar-refractivity contribution is 4.81. The van der Waals surface area contributed by atoms with E-state index in [1.54, 1.807) is 0 Å². The summed E-state index contributed by atoms with van der Waals surface area (Å²) in [7, 11) is 0. The molecule has 1 aliphatic carbocycles. The molecule has 0 aromatic carbocycles. The smallest absolute Gasteiger partial charge is 0.0693 e. The molecular formula is C11H21NO. The van der Waals surface area contributed by atoms with Crippen molar-refractivity contribution >= 4 is 0 Å². The fraction of sp³-hybridized carbons (Fsp3) is 1.00. The van der Waals surface area contributed by atoms with Crippen molar-refractivity contribution in [1.82, 2.24) is 4.90 Å². The highest BCUT2D eigenvalue weighted by atomic mass is 16.3. The molecule has 1 N–H and O–H groups in total. The number of nitrogens with zero attached hydrogens (tertiary/aromatic N) is 1. The van der Waals surface area contributed by atoms with E-state index in [9.17, 15) is 5.11 Å². The average Bonchev–Trinajstić information content (AvgIpc) is 2.04. The summed E-state index contributed by atoms with van der Waals surface area (Å²) in [6.07, 6.45) is 5.36. The predicted molar refractivity (Wildman–Crippen MR) is 53.6 cm³/mol. The van der Waals surface area contributed by atoms with E-state index in [1.807, 2.05) is 0 Å². The van der Waals surface area contributed by atoms with Crippen LogP contribution in [0.4, 0.5) is 0 Å². The van der Waals surface area contributed by atoms with Crippen LogP contribution in [-0.2, 0) is 0 Å². The zero-order valence-electron chi connectivity index (χ0n) is 8.58. The lowest BCUT2D eigenvalue weighted by Gasteiger charge is -2.38. The van der Waals surface area contributed by atoms with Crippen LogP contribution in [0.15, 0.2) is 0 Å². The fourth-order valence-corrected chi connectivity index (χ4v) is 2.32. The molecule has 0 amide bonds. The van der Waals surface area contributed by atoms with Crippen LogP contribution in [0, 0.1) is 11.8 Å². The Morgan fingerprint density at radius 2 is 2.08 bits per heavy atom. The second-order valence-electron chi connectivity index (χ2n) is 4.89. The van der Waals surface area contributed by atoms with Gasteiger partial charge in [-0.1, -0.05) is 13.3 Å². The van der Waals surface area contributed by atoms with Crippen LogP contribution >= 0.6 is 0 Å². The van der Waals surface area contributed by atoms with Crippen LogP contribution in [0.5, 0.6) is 0 Å². The SMILES string of the molecule is CC1CCN(CC2CCC2)CC1O. The minimum Gasteiger partial charge on any atom is -0.392 e. The zero-order valence-corrected chi connectivity index (χ0v) is 8.58. The molecule has 76 valence electrons. The molecule has 0 aromatic rings. The normalized spacial score (nSPS) is 37.4. The largest absolute Gasteiger partial charge is 0.392 e. The number of aliphatic hydroxyl groups is 1. The van der Waals surface area contributed by atoms with E-state index < -0.39 is 0 Å². The van der Waals surface area contributed by atoms with Crippen molar-refractivity contribution in [3.8, 4) is 0 Å². The minimum absolute atomic E-state index is 0.0752. The summed E-state index contributed by atoms with van der Waals surface area (Å²) < 4.78 is 0. The standard InChI is InChI=1S/C11H21NO/c1-9-5-6-12(8-11(9)13)7-10-3-2-4-10/h9-11,13H,2-8H2,1H3. The monoisotopic (exact) mass is 183 g/mol. The van der Waals surface area contributed by atoms with Gasteiger partial charge in [0.25, 0.3) is 0 Å². The summed E-state index contributed by atoms with van der Waals surface area (Å²) in [6.45, 7) is 5.52. The molecule has 0 bridgehead atoms. The van der Waals surface area contributed by atoms with Crippen molar-refractivity contribution < 1.29 is 5.11 Å². The quantitative estimate of drug-likeness (QED) is 0.701. The molecule has 13 heavy (non-hydrogen) atoms. The zero-order chi connectivity index (χ0) is 9.26. The highest BCUT2D eigenvalue weighted by Crippen LogP contribution is 2.28. The van der Waals surface area contributed by atoms with Gasteiger partial charge in [-0.25, -0.2) is 0 Å². The Kier molecular flexibility index (Phi) is 2.89. The van der Waals surface area contributed by atoms with Crippen LogP contribution in [0.2, 0.25) is 0 Å². The van der Waals surface area contributed by atoms with Gasteiger partial charge in [-0.05, 0) is 37.6 Å². The molecule has 1 heterocycles. The molecule has 2 rings (SSSR count). The average molecular weight is 183 g/mol. The molecule has 1 aliphatic heterocycles. The van der Waals surface area contributed by atoms with Crippen molar-refractivity contribution in [2.75, 3.05) is 19.6 Å². The summed E-state index contributed by atoms with van der Waals surface area (Å²) >= 11 is 0. The summed E-state index contributed by atoms with van der Waals surface area (Å²) in [4.78, 5) is 2.45. The Balaban J connectivity index is 1.74. The topological polar surface area (TPSA) is 23.5 Å². The molecule has 2 nitrogen and oxygen atoms in total. The maximum atomic E-state index is 9.71. The molecule has 1 saturated carbocycles. The van der Waals surface area contributed by atoms with Crippen molar-refractivity contribution in [2.24, 2.45) is 11.8 Å². The van der Waals surface area contributed by atoms with E-state index >= 15 is 0 Å². The summed E-state index contributed by atoms with van der Waals surface area (Å²) in [5, 5.41) is 9.71. The number of rotatable bonds is 2. The lowest BCUT2D eigenvalue weighted by atomic mass is 9.84. The van der Waals surface area contributed by atoms with E-state index in [2.05, 4.69) is 11.8 Å². The fourth-order valence-electron chi connectivity index (χ4n) is 2.32. The van der Waals surface area contributed by atoms with Gasteiger partial charge in [-0.15, -0.1) is 0 Å². The second-order valence-corrected chi connectivity index (χ2v) is 4.89. The molecule has 2 heteroatoms. The summed E-state index contributed by atoms with van der Waals surface area (Å²) in [6, 6.07) is 0. The predicted octanol–water partition coefficient (Wildman–Crippen LogP) is 1.49. The molecule has 0 aromatic heterocycles. The highest BCUT2D eigenvalue weighted by Gasteiger charge is 2.27. The van der Waals surface area contributed by atoms with Crippen molar-refractivity contribution in [2.45, 2.75) is 38.7 Å². The first-order valence-electron chi connectivity index (χ1n) is 5.66. The van der Waals surface area contributed by atoms with Crippen LogP contribution < -0.4 is 0 Å². The molecule has 2 unspecified atom stereocenters. The van der Waals surface area contributed by atoms with Crippen LogP contribution in [-0.4, -0.2) is 35.7 Å². The molecule has 2 fully saturated rings. The second kappa shape index (κ2) is 3.97. The minimum atomic E-state index is -0.0752. The lowest BCUT2D eigenvalue weighted by Crippen LogP contribution is -2.45. The molecule has 0 radical (unpaired) electrons. The van der Waals surface area contributed by atoms with E-state index in [0.717, 1.165) is 12.5 Å². The van der Waals surface area contributed by atoms with Crippen molar-refractivity contribution in [1.29, 1.82) is 0 Å². The number of aliphatic hydroxyl groups excluding tert-OH is 1. The maximum Gasteiger partial charge on any atom is 0.0693 e. The van der Waals surface area contributed by atoms with Crippen LogP contribution in [0.3, 0.4) is 0 Å². The number of hydrogen-bond donors (Lipinski definition) is 1. The first-order valence-corrected chi connectivity index (χ1v) is 5.66. The van der Waals surface area contributed by atoms with Gasteiger partial charge in [-0.2, -0.15) is 0 Å². The van der Waals surface area contributed by atoms with Gasteiger partial charge in [0.15, 0.2) is 0 Å². The van der Waals surface area contributed by atoms with Gasteiger partial charge in [0, 0.05) is 13.1 Å². The molecule has 2 aliphatic rings. The van der Waals surface area contributed by atoms with Gasteiger partial charge < -0.3 is 10.0 Å². The molecule has 1 saturated heterocycles. The van der Waals surface area contributed by atoms with E-state index in [-0.39, 0.29) is 6.10 Å². The maximum absolute atomic E-state index is 9.71. The third kappa shape index (κ3) is 2.23. The Morgan fingerprint density at radius 3 is 2.62 bits per heavy atom. The van der Waals surface area contributed by atoms with Crippen LogP contribution in [0.1, 0.15) is 32.6 Å². The van der Waals surface area contributed by atoms with Crippen LogP contribution in [0.25, 0.3) is 0 Å². The third-order valence-corrected chi connectivity index (χ3v) is 3.74. The molecular weight excluding hydrogens is 162 g/mol. The van der Waals surface area contributed by atoms with E-state index in [0.29, 0.717) is 5.92 Å². The first kappa shape index (κ1) is 9.47. The van der Waals surface area contributed by atoms with Gasteiger partial charge in [0.05, 0.1) is 6.10 Å². The Labute approximate surface area is 80.9 Å². The number of likely N-dealkylation sites (tertiary alicyclic amines) is 1. The van der Waals surface area contributed by atoms with E-state index in [4.69, 9.17) is 0 Å². The molecule has 2 atom stereocenters. The Morgan fingerprint density at radius 1 is 1.31 bits per heavy atom. The first-order chi connectivity index (χ1) is 6.25. The van der Waals surface area contributed by atoms with E-state index in [1.165, 1.54) is 38.8 Å². The number of hydrogen-bond acceptors (Lipinski definition) is 2. The van der Waals surface area contributed by atoms with Gasteiger partial charge in [0.2, 0.25) is 0 Å². The molecule has 0 spiro atoms. The Bertz CT molecular complexity index is 165. The summed E-state index contributed by atoms with van der Waals surface area (Å²) in [5.41, 5.74) is 0. The van der Waals surface area contributed by atoms with Crippen molar-refractivity contribution in [3.63, 3.8) is 0 Å². The van der Waals surface area contributed by atoms with Gasteiger partial charge in [-0.3, -0.25) is 0 Å².